The van der Waals surface area contributed by atoms with Gasteiger partial charge >= 0.3 is 0 Å². The maximum absolute atomic E-state index is 12.4. The molecule has 0 fully saturated rings. The smallest absolute Gasteiger partial charge is 0.266 e. The zero-order chi connectivity index (χ0) is 20.7. The molecule has 2 aromatic rings. The van der Waals surface area contributed by atoms with E-state index in [1.807, 2.05) is 6.07 Å². The van der Waals surface area contributed by atoms with Crippen molar-refractivity contribution in [3.8, 4) is 17.6 Å². The quantitative estimate of drug-likeness (QED) is 0.519. The van der Waals surface area contributed by atoms with Gasteiger partial charge in [0.2, 0.25) is 5.91 Å². The molecule has 0 bridgehead atoms. The van der Waals surface area contributed by atoms with Gasteiger partial charge < -0.3 is 20.1 Å². The molecule has 7 nitrogen and oxygen atoms in total. The van der Waals surface area contributed by atoms with E-state index in [4.69, 9.17) is 9.47 Å². The summed E-state index contributed by atoms with van der Waals surface area (Å²) >= 11 is 3.38. The minimum absolute atomic E-state index is 0.0787. The first-order valence-electron chi connectivity index (χ1n) is 8.10. The van der Waals surface area contributed by atoms with Gasteiger partial charge in [-0.25, -0.2) is 0 Å². The number of methoxy groups -OCH3 is 2. The van der Waals surface area contributed by atoms with Crippen LogP contribution in [0.5, 0.6) is 11.5 Å². The first-order chi connectivity index (χ1) is 13.4. The number of benzene rings is 2. The molecule has 28 heavy (non-hydrogen) atoms. The van der Waals surface area contributed by atoms with Crippen LogP contribution >= 0.6 is 15.9 Å². The lowest BCUT2D eigenvalue weighted by Gasteiger charge is -2.11. The van der Waals surface area contributed by atoms with Crippen LogP contribution < -0.4 is 20.1 Å². The van der Waals surface area contributed by atoms with Crippen LogP contribution in [-0.2, 0) is 9.59 Å². The second kappa shape index (κ2) is 9.58. The Labute approximate surface area is 171 Å². The Kier molecular flexibility index (Phi) is 7.18. The lowest BCUT2D eigenvalue weighted by Crippen LogP contribution is -2.13. The number of halogens is 1. The zero-order valence-electron chi connectivity index (χ0n) is 15.5. The van der Waals surface area contributed by atoms with E-state index in [-0.39, 0.29) is 11.5 Å². The molecular formula is C20H18BrN3O4. The van der Waals surface area contributed by atoms with E-state index >= 15 is 0 Å². The first kappa shape index (κ1) is 21.0. The lowest BCUT2D eigenvalue weighted by molar-refractivity contribution is -0.114. The third kappa shape index (κ3) is 5.34. The van der Waals surface area contributed by atoms with Crippen molar-refractivity contribution in [2.75, 3.05) is 24.9 Å². The number of nitrogens with one attached hydrogen (secondary N) is 2. The lowest BCUT2D eigenvalue weighted by atomic mass is 10.1. The van der Waals surface area contributed by atoms with Gasteiger partial charge in [-0.15, -0.1) is 0 Å². The summed E-state index contributed by atoms with van der Waals surface area (Å²) in [5.41, 5.74) is 1.62. The topological polar surface area (TPSA) is 100 Å². The van der Waals surface area contributed by atoms with Gasteiger partial charge in [0.1, 0.15) is 11.6 Å². The molecule has 8 heteroatoms. The summed E-state index contributed by atoms with van der Waals surface area (Å²) in [6.45, 7) is 1.41. The fraction of sp³-hybridized carbons (Fsp3) is 0.150. The van der Waals surface area contributed by atoms with Crippen molar-refractivity contribution >= 4 is 45.2 Å². The van der Waals surface area contributed by atoms with Crippen LogP contribution in [0.3, 0.4) is 0 Å². The van der Waals surface area contributed by atoms with E-state index in [1.54, 1.807) is 36.4 Å². The molecule has 144 valence electrons. The molecule has 2 amide bonds. The molecule has 0 aliphatic rings. The maximum atomic E-state index is 12.4. The molecule has 0 aromatic heterocycles. The highest BCUT2D eigenvalue weighted by Crippen LogP contribution is 2.36. The molecule has 2 rings (SSSR count). The summed E-state index contributed by atoms with van der Waals surface area (Å²) in [6, 6.07) is 11.8. The van der Waals surface area contributed by atoms with E-state index in [0.717, 1.165) is 0 Å². The van der Waals surface area contributed by atoms with Crippen LogP contribution in [0.1, 0.15) is 12.5 Å². The Morgan fingerprint density at radius 3 is 2.18 bits per heavy atom. The van der Waals surface area contributed by atoms with Crippen LogP contribution in [0.25, 0.3) is 6.08 Å². The second-order valence-corrected chi connectivity index (χ2v) is 6.48. The second-order valence-electron chi connectivity index (χ2n) is 5.62. The molecule has 0 aliphatic carbocycles. The molecule has 0 saturated carbocycles. The van der Waals surface area contributed by atoms with E-state index in [9.17, 15) is 14.9 Å². The Hall–Kier alpha value is -3.31. The molecule has 2 aromatic carbocycles. The third-order valence-electron chi connectivity index (χ3n) is 3.60. The highest BCUT2D eigenvalue weighted by molar-refractivity contribution is 9.10. The van der Waals surface area contributed by atoms with Crippen LogP contribution in [0, 0.1) is 11.3 Å². The molecular weight excluding hydrogens is 426 g/mol. The maximum Gasteiger partial charge on any atom is 0.266 e. The Balaban J connectivity index is 2.23. The Bertz CT molecular complexity index is 963. The van der Waals surface area contributed by atoms with E-state index in [0.29, 0.717) is 32.9 Å². The highest BCUT2D eigenvalue weighted by atomic mass is 79.9. The van der Waals surface area contributed by atoms with Gasteiger partial charge in [-0.2, -0.15) is 5.26 Å². The minimum atomic E-state index is -0.555. The number of hydrogen-bond donors (Lipinski definition) is 2. The number of anilines is 2. The monoisotopic (exact) mass is 443 g/mol. The summed E-state index contributed by atoms with van der Waals surface area (Å²) in [7, 11) is 3.02. The summed E-state index contributed by atoms with van der Waals surface area (Å²) in [4.78, 5) is 23.5. The number of carbonyl (C=O) groups excluding carboxylic acids is 2. The fourth-order valence-corrected chi connectivity index (χ4v) is 3.00. The van der Waals surface area contributed by atoms with Gasteiger partial charge in [-0.1, -0.05) is 0 Å². The average Bonchev–Trinajstić information content (AvgIpc) is 2.66. The van der Waals surface area contributed by atoms with Crippen molar-refractivity contribution in [1.29, 1.82) is 5.26 Å². The van der Waals surface area contributed by atoms with E-state index in [1.165, 1.54) is 27.2 Å². The van der Waals surface area contributed by atoms with Crippen LogP contribution in [0.4, 0.5) is 11.4 Å². The van der Waals surface area contributed by atoms with Gasteiger partial charge in [-0.05, 0) is 64.0 Å². The SMILES string of the molecule is COc1cc(C=C(C#N)C(=O)Nc2ccc(NC(C)=O)cc2)cc(Br)c1OC. The molecule has 0 atom stereocenters. The molecule has 0 spiro atoms. The van der Waals surface area contributed by atoms with Gasteiger partial charge in [0.15, 0.2) is 11.5 Å². The Morgan fingerprint density at radius 1 is 1.07 bits per heavy atom. The molecule has 0 saturated heterocycles. The summed E-state index contributed by atoms with van der Waals surface area (Å²) in [6.07, 6.45) is 1.45. The van der Waals surface area contributed by atoms with Crippen molar-refractivity contribution in [2.45, 2.75) is 6.92 Å². The molecule has 0 unspecified atom stereocenters. The minimum Gasteiger partial charge on any atom is -0.493 e. The fourth-order valence-electron chi connectivity index (χ4n) is 2.38. The third-order valence-corrected chi connectivity index (χ3v) is 4.18. The van der Waals surface area contributed by atoms with Gasteiger partial charge in [0.05, 0.1) is 18.7 Å². The number of rotatable bonds is 6. The summed E-state index contributed by atoms with van der Waals surface area (Å²) in [5.74, 6) is 0.240. The molecule has 0 aliphatic heterocycles. The summed E-state index contributed by atoms with van der Waals surface area (Å²) < 4.78 is 11.2. The molecule has 2 N–H and O–H groups in total. The number of amides is 2. The number of nitriles is 1. The largest absolute Gasteiger partial charge is 0.493 e. The first-order valence-corrected chi connectivity index (χ1v) is 8.89. The number of nitrogens with zero attached hydrogens (tertiary/aromatic N) is 1. The zero-order valence-corrected chi connectivity index (χ0v) is 17.1. The van der Waals surface area contributed by atoms with E-state index < -0.39 is 5.91 Å². The van der Waals surface area contributed by atoms with Crippen molar-refractivity contribution in [1.82, 2.24) is 0 Å². The normalized spacial score (nSPS) is 10.6. The molecule has 0 heterocycles. The van der Waals surface area contributed by atoms with Crippen molar-refractivity contribution in [3.05, 3.63) is 52.0 Å². The van der Waals surface area contributed by atoms with Crippen molar-refractivity contribution in [3.63, 3.8) is 0 Å². The summed E-state index contributed by atoms with van der Waals surface area (Å²) in [5, 5.41) is 14.7. The van der Waals surface area contributed by atoms with Crippen molar-refractivity contribution in [2.24, 2.45) is 0 Å². The predicted molar refractivity (Wildman–Crippen MR) is 110 cm³/mol. The van der Waals surface area contributed by atoms with Crippen LogP contribution in [-0.4, -0.2) is 26.0 Å². The van der Waals surface area contributed by atoms with Gasteiger partial charge in [-0.3, -0.25) is 9.59 Å². The standard InChI is InChI=1S/C20H18BrN3O4/c1-12(25)23-15-4-6-16(7-5-15)24-20(26)14(11-22)8-13-9-17(21)19(28-3)18(10-13)27-2/h4-10H,1-3H3,(H,23,25)(H,24,26). The van der Waals surface area contributed by atoms with E-state index in [2.05, 4.69) is 26.6 Å². The Morgan fingerprint density at radius 2 is 1.68 bits per heavy atom. The van der Waals surface area contributed by atoms with Crippen molar-refractivity contribution < 1.29 is 19.1 Å². The highest BCUT2D eigenvalue weighted by Gasteiger charge is 2.13. The predicted octanol–water partition coefficient (Wildman–Crippen LogP) is 3.97. The van der Waals surface area contributed by atoms with Crippen LogP contribution in [0.2, 0.25) is 0 Å². The molecule has 0 radical (unpaired) electrons. The van der Waals surface area contributed by atoms with Crippen LogP contribution in [0.15, 0.2) is 46.4 Å². The average molecular weight is 444 g/mol. The number of hydrogen-bond acceptors (Lipinski definition) is 5. The van der Waals surface area contributed by atoms with Gasteiger partial charge in [0.25, 0.3) is 5.91 Å². The number of carbonyl (C=O) groups is 2. The number of ether oxygens (including phenoxy) is 2. The van der Waals surface area contributed by atoms with Gasteiger partial charge in [0, 0.05) is 18.3 Å².